The lowest BCUT2D eigenvalue weighted by Gasteiger charge is -2.12. The first-order valence-corrected chi connectivity index (χ1v) is 8.24. The maximum Gasteiger partial charge on any atom is 0.387 e. The van der Waals surface area contributed by atoms with Crippen LogP contribution in [0.2, 0.25) is 0 Å². The van der Waals surface area contributed by atoms with Gasteiger partial charge in [-0.25, -0.2) is 4.79 Å². The van der Waals surface area contributed by atoms with Gasteiger partial charge >= 0.3 is 12.6 Å². The lowest BCUT2D eigenvalue weighted by Crippen LogP contribution is -2.06. The van der Waals surface area contributed by atoms with E-state index in [0.29, 0.717) is 18.3 Å². The quantitative estimate of drug-likeness (QED) is 0.677. The van der Waals surface area contributed by atoms with E-state index in [1.165, 1.54) is 18.2 Å². The van der Waals surface area contributed by atoms with Gasteiger partial charge in [0.15, 0.2) is 11.5 Å². The molecule has 0 bridgehead atoms. The van der Waals surface area contributed by atoms with Gasteiger partial charge in [-0.05, 0) is 54.2 Å². The number of ether oxygens (including phenoxy) is 2. The summed E-state index contributed by atoms with van der Waals surface area (Å²) in [7, 11) is 0. The standard InChI is InChI=1S/C20H18F2O4/c21-20(22)26-17-10-7-14(11-18(17)25-12-15-3-4-15)2-1-13-5-8-16(9-6-13)19(23)24/h1-2,5-11,15,20H,3-4,12H2,(H,23,24). The van der Waals surface area contributed by atoms with Crippen molar-refractivity contribution in [1.82, 2.24) is 0 Å². The van der Waals surface area contributed by atoms with Crippen LogP contribution in [0.3, 0.4) is 0 Å². The Balaban J connectivity index is 1.75. The second-order valence-electron chi connectivity index (χ2n) is 6.10. The number of hydrogen-bond donors (Lipinski definition) is 1. The zero-order valence-corrected chi connectivity index (χ0v) is 13.9. The molecule has 1 aliphatic rings. The number of rotatable bonds is 8. The topological polar surface area (TPSA) is 55.8 Å². The van der Waals surface area contributed by atoms with E-state index in [-0.39, 0.29) is 11.3 Å². The van der Waals surface area contributed by atoms with Crippen molar-refractivity contribution in [3.63, 3.8) is 0 Å². The highest BCUT2D eigenvalue weighted by Gasteiger charge is 2.23. The van der Waals surface area contributed by atoms with Crippen LogP contribution in [0, 0.1) is 5.92 Å². The predicted molar refractivity (Wildman–Crippen MR) is 93.6 cm³/mol. The summed E-state index contributed by atoms with van der Waals surface area (Å²) in [6.45, 7) is -2.42. The maximum atomic E-state index is 12.5. The summed E-state index contributed by atoms with van der Waals surface area (Å²) < 4.78 is 35.2. The Labute approximate surface area is 149 Å². The van der Waals surface area contributed by atoms with Crippen LogP contribution in [0.4, 0.5) is 8.78 Å². The van der Waals surface area contributed by atoms with Gasteiger partial charge in [0.1, 0.15) is 0 Å². The molecule has 0 saturated heterocycles. The van der Waals surface area contributed by atoms with Gasteiger partial charge in [-0.15, -0.1) is 0 Å². The van der Waals surface area contributed by atoms with Crippen molar-refractivity contribution in [1.29, 1.82) is 0 Å². The zero-order valence-electron chi connectivity index (χ0n) is 13.9. The number of aromatic carboxylic acids is 1. The SMILES string of the molecule is O=C(O)c1ccc(C=Cc2ccc(OC(F)F)c(OCC3CC3)c2)cc1. The highest BCUT2D eigenvalue weighted by Crippen LogP contribution is 2.34. The van der Waals surface area contributed by atoms with Gasteiger partial charge in [0, 0.05) is 0 Å². The van der Waals surface area contributed by atoms with E-state index < -0.39 is 12.6 Å². The molecule has 0 unspecified atom stereocenters. The first-order chi connectivity index (χ1) is 12.5. The van der Waals surface area contributed by atoms with Crippen LogP contribution in [0.25, 0.3) is 12.2 Å². The van der Waals surface area contributed by atoms with Gasteiger partial charge in [-0.3, -0.25) is 0 Å². The molecule has 136 valence electrons. The fourth-order valence-corrected chi connectivity index (χ4v) is 2.36. The summed E-state index contributed by atoms with van der Waals surface area (Å²) in [6, 6.07) is 11.2. The number of hydrogen-bond acceptors (Lipinski definition) is 3. The first kappa shape index (κ1) is 17.9. The minimum atomic E-state index is -2.91. The zero-order chi connectivity index (χ0) is 18.5. The van der Waals surface area contributed by atoms with Crippen molar-refractivity contribution in [2.24, 2.45) is 5.92 Å². The van der Waals surface area contributed by atoms with Crippen molar-refractivity contribution in [3.05, 3.63) is 59.2 Å². The average Bonchev–Trinajstić information content (AvgIpc) is 3.44. The minimum Gasteiger partial charge on any atom is -0.489 e. The number of benzene rings is 2. The van der Waals surface area contributed by atoms with Crippen LogP contribution < -0.4 is 9.47 Å². The molecule has 0 spiro atoms. The summed E-state index contributed by atoms with van der Waals surface area (Å²) in [6.07, 6.45) is 5.79. The van der Waals surface area contributed by atoms with Gasteiger partial charge in [0.2, 0.25) is 0 Å². The average molecular weight is 360 g/mol. The third-order valence-electron chi connectivity index (χ3n) is 3.98. The number of carbonyl (C=O) groups is 1. The predicted octanol–water partition coefficient (Wildman–Crippen LogP) is 4.95. The molecule has 0 aromatic heterocycles. The highest BCUT2D eigenvalue weighted by molar-refractivity contribution is 5.88. The fraction of sp³-hybridized carbons (Fsp3) is 0.250. The normalized spacial score (nSPS) is 14.0. The van der Waals surface area contributed by atoms with E-state index in [9.17, 15) is 13.6 Å². The van der Waals surface area contributed by atoms with E-state index in [1.807, 2.05) is 0 Å². The number of carboxylic acids is 1. The summed E-state index contributed by atoms with van der Waals surface area (Å²) in [4.78, 5) is 10.9. The van der Waals surface area contributed by atoms with Gasteiger partial charge in [0.25, 0.3) is 0 Å². The van der Waals surface area contributed by atoms with Crippen molar-refractivity contribution in [2.45, 2.75) is 19.5 Å². The van der Waals surface area contributed by atoms with E-state index in [0.717, 1.165) is 24.0 Å². The van der Waals surface area contributed by atoms with E-state index >= 15 is 0 Å². The van der Waals surface area contributed by atoms with E-state index in [1.54, 1.807) is 36.4 Å². The van der Waals surface area contributed by atoms with Crippen LogP contribution in [0.1, 0.15) is 34.3 Å². The summed E-state index contributed by atoms with van der Waals surface area (Å²) in [5, 5.41) is 8.90. The molecule has 4 nitrogen and oxygen atoms in total. The van der Waals surface area contributed by atoms with Crippen molar-refractivity contribution < 1.29 is 28.2 Å². The molecule has 0 aliphatic heterocycles. The van der Waals surface area contributed by atoms with Crippen LogP contribution >= 0.6 is 0 Å². The molecule has 0 atom stereocenters. The summed E-state index contributed by atoms with van der Waals surface area (Å²) in [5.74, 6) is -0.182. The molecule has 1 aliphatic carbocycles. The van der Waals surface area contributed by atoms with Crippen molar-refractivity contribution >= 4 is 18.1 Å². The Kier molecular flexibility index (Phi) is 5.51. The van der Waals surface area contributed by atoms with Gasteiger partial charge in [0.05, 0.1) is 12.2 Å². The summed E-state index contributed by atoms with van der Waals surface area (Å²) >= 11 is 0. The molecule has 1 saturated carbocycles. The Morgan fingerprint density at radius 1 is 1.08 bits per heavy atom. The molecule has 26 heavy (non-hydrogen) atoms. The Morgan fingerprint density at radius 3 is 2.35 bits per heavy atom. The molecule has 0 radical (unpaired) electrons. The van der Waals surface area contributed by atoms with Crippen molar-refractivity contribution in [2.75, 3.05) is 6.61 Å². The third kappa shape index (κ3) is 5.05. The van der Waals surface area contributed by atoms with Crippen LogP contribution in [0.5, 0.6) is 11.5 Å². The molecular formula is C20H18F2O4. The van der Waals surface area contributed by atoms with E-state index in [4.69, 9.17) is 9.84 Å². The molecular weight excluding hydrogens is 342 g/mol. The molecule has 2 aromatic rings. The molecule has 6 heteroatoms. The number of alkyl halides is 2. The van der Waals surface area contributed by atoms with Crippen LogP contribution in [-0.2, 0) is 0 Å². The third-order valence-corrected chi connectivity index (χ3v) is 3.98. The Hall–Kier alpha value is -2.89. The van der Waals surface area contributed by atoms with Crippen LogP contribution in [0.15, 0.2) is 42.5 Å². The lowest BCUT2D eigenvalue weighted by atomic mass is 10.1. The number of carboxylic acid groups (broad SMARTS) is 1. The first-order valence-electron chi connectivity index (χ1n) is 8.24. The molecule has 1 N–H and O–H groups in total. The highest BCUT2D eigenvalue weighted by atomic mass is 19.3. The second-order valence-corrected chi connectivity index (χ2v) is 6.10. The fourth-order valence-electron chi connectivity index (χ4n) is 2.36. The summed E-state index contributed by atoms with van der Waals surface area (Å²) in [5.41, 5.74) is 1.80. The van der Waals surface area contributed by atoms with Crippen LogP contribution in [-0.4, -0.2) is 24.3 Å². The second kappa shape index (κ2) is 7.99. The Morgan fingerprint density at radius 2 is 1.73 bits per heavy atom. The smallest absolute Gasteiger partial charge is 0.387 e. The van der Waals surface area contributed by atoms with E-state index in [2.05, 4.69) is 4.74 Å². The monoisotopic (exact) mass is 360 g/mol. The molecule has 0 heterocycles. The van der Waals surface area contributed by atoms with Gasteiger partial charge < -0.3 is 14.6 Å². The minimum absolute atomic E-state index is 0.0172. The van der Waals surface area contributed by atoms with Crippen molar-refractivity contribution in [3.8, 4) is 11.5 Å². The Bertz CT molecular complexity index is 796. The molecule has 0 amide bonds. The molecule has 3 rings (SSSR count). The maximum absolute atomic E-state index is 12.5. The van der Waals surface area contributed by atoms with Gasteiger partial charge in [-0.1, -0.05) is 30.4 Å². The molecule has 2 aromatic carbocycles. The number of halogens is 2. The molecule has 1 fully saturated rings. The largest absolute Gasteiger partial charge is 0.489 e. The lowest BCUT2D eigenvalue weighted by molar-refractivity contribution is -0.0515. The van der Waals surface area contributed by atoms with Gasteiger partial charge in [-0.2, -0.15) is 8.78 Å².